The summed E-state index contributed by atoms with van der Waals surface area (Å²) in [5, 5.41) is 3.39. The fourth-order valence-corrected chi connectivity index (χ4v) is 18.1. The molecule has 0 aliphatic heterocycles. The molecule has 0 bridgehead atoms. The van der Waals surface area contributed by atoms with Crippen molar-refractivity contribution in [3.63, 3.8) is 0 Å². The second-order valence-corrected chi connectivity index (χ2v) is 28.5. The molecule has 0 rings (SSSR count). The highest BCUT2D eigenvalue weighted by molar-refractivity contribution is 6.79. The predicted molar refractivity (Wildman–Crippen MR) is 165 cm³/mol. The molecule has 0 saturated carbocycles. The van der Waals surface area contributed by atoms with Crippen molar-refractivity contribution in [2.24, 2.45) is 0 Å². The van der Waals surface area contributed by atoms with Crippen LogP contribution in [0.5, 0.6) is 0 Å². The summed E-state index contributed by atoms with van der Waals surface area (Å²) in [6, 6.07) is 0.274. The minimum Gasteiger partial charge on any atom is -0.518 e. The van der Waals surface area contributed by atoms with Gasteiger partial charge >= 0.3 is 5.97 Å². The third-order valence-corrected chi connectivity index (χ3v) is 23.2. The van der Waals surface area contributed by atoms with Gasteiger partial charge in [-0.05, 0) is 65.4 Å². The molecule has 0 aromatic rings. The molecule has 0 aliphatic rings. The largest absolute Gasteiger partial charge is 0.518 e. The number of carbonyl (C=O) groups is 2. The zero-order valence-corrected chi connectivity index (χ0v) is 29.9. The number of nitrogens with one attached hydrogen (secondary N) is 1. The van der Waals surface area contributed by atoms with Gasteiger partial charge < -0.3 is 18.6 Å². The second kappa shape index (κ2) is 15.3. The Bertz CT molecular complexity index is 664. The van der Waals surface area contributed by atoms with E-state index in [4.69, 9.17) is 13.3 Å². The first-order valence-electron chi connectivity index (χ1n) is 14.5. The first-order chi connectivity index (χ1) is 16.8. The van der Waals surface area contributed by atoms with Gasteiger partial charge in [0.2, 0.25) is 0 Å². The molecule has 0 aromatic carbocycles. The third-order valence-electron chi connectivity index (χ3n) is 8.54. The number of hydrogen-bond acceptors (Lipinski definition) is 6. The fourth-order valence-electron chi connectivity index (χ4n) is 6.49. The summed E-state index contributed by atoms with van der Waals surface area (Å²) in [5.74, 6) is -0.580. The summed E-state index contributed by atoms with van der Waals surface area (Å²) in [4.78, 5) is 27.2. The van der Waals surface area contributed by atoms with Gasteiger partial charge in [0.15, 0.2) is 8.32 Å². The minimum absolute atomic E-state index is 0.00358. The molecule has 0 aromatic heterocycles. The van der Waals surface area contributed by atoms with E-state index in [0.717, 1.165) is 12.5 Å². The molecule has 0 spiro atoms. The smallest absolute Gasteiger partial charge is 0.310 e. The Morgan fingerprint density at radius 2 is 1.05 bits per heavy atom. The van der Waals surface area contributed by atoms with E-state index < -0.39 is 31.0 Å². The minimum atomic E-state index is -2.43. The highest BCUT2D eigenvalue weighted by Crippen LogP contribution is 2.44. The van der Waals surface area contributed by atoms with E-state index in [9.17, 15) is 9.59 Å². The molecule has 1 atom stereocenters. The third kappa shape index (κ3) is 9.58. The van der Waals surface area contributed by atoms with E-state index in [2.05, 4.69) is 101 Å². The molecule has 0 fully saturated rings. The lowest BCUT2D eigenvalue weighted by Gasteiger charge is -2.42. The van der Waals surface area contributed by atoms with Crippen molar-refractivity contribution < 1.29 is 22.9 Å². The standard InChI is InChI=1S/C28H61NO5Si3/c1-20(2)36(21(3)4,22(5)6)33-27(30)19-26(29-17-16-18-35(14,15)32-13)28(31)34-37(23(7)8,24(9)10)25(11)12/h20-26,29H,16-19H2,1-15H3. The van der Waals surface area contributed by atoms with Crippen LogP contribution in [0, 0.1) is 0 Å². The van der Waals surface area contributed by atoms with Crippen molar-refractivity contribution in [3.8, 4) is 0 Å². The number of carbonyl (C=O) groups excluding carboxylic acids is 2. The van der Waals surface area contributed by atoms with Crippen LogP contribution in [0.15, 0.2) is 0 Å². The maximum absolute atomic E-state index is 13.8. The molecule has 220 valence electrons. The molecule has 0 aliphatic carbocycles. The highest BCUT2D eigenvalue weighted by Gasteiger charge is 2.50. The van der Waals surface area contributed by atoms with Crippen LogP contribution in [0.1, 0.15) is 95.9 Å². The summed E-state index contributed by atoms with van der Waals surface area (Å²) < 4.78 is 18.6. The van der Waals surface area contributed by atoms with Crippen molar-refractivity contribution in [1.82, 2.24) is 5.32 Å². The van der Waals surface area contributed by atoms with Gasteiger partial charge in [-0.1, -0.05) is 83.1 Å². The molecule has 1 unspecified atom stereocenters. The molecule has 0 heterocycles. The van der Waals surface area contributed by atoms with Crippen LogP contribution < -0.4 is 5.32 Å². The molecule has 9 heteroatoms. The predicted octanol–water partition coefficient (Wildman–Crippen LogP) is 8.01. The van der Waals surface area contributed by atoms with Gasteiger partial charge in [0.05, 0.1) is 6.42 Å². The van der Waals surface area contributed by atoms with Gasteiger partial charge in [-0.25, -0.2) is 0 Å². The molecule has 37 heavy (non-hydrogen) atoms. The lowest BCUT2D eigenvalue weighted by molar-refractivity contribution is -0.144. The number of hydrogen-bond donors (Lipinski definition) is 1. The van der Waals surface area contributed by atoms with Gasteiger partial charge in [0, 0.05) is 7.11 Å². The molecular formula is C28H61NO5Si3. The monoisotopic (exact) mass is 575 g/mol. The maximum Gasteiger partial charge on any atom is 0.310 e. The lowest BCUT2D eigenvalue weighted by atomic mass is 10.2. The maximum atomic E-state index is 13.8. The van der Waals surface area contributed by atoms with Crippen molar-refractivity contribution in [2.75, 3.05) is 13.7 Å². The average Bonchev–Trinajstić information content (AvgIpc) is 2.75. The van der Waals surface area contributed by atoms with Crippen LogP contribution in [0.4, 0.5) is 0 Å². The van der Waals surface area contributed by atoms with Gasteiger partial charge in [0.1, 0.15) is 6.04 Å². The Balaban J connectivity index is 5.99. The van der Waals surface area contributed by atoms with E-state index in [0.29, 0.717) is 23.2 Å². The SMILES string of the molecule is CO[Si](C)(C)CCCNC(CC(=O)O[Si](C(C)C)(C(C)C)C(C)C)C(=O)O[Si](C(C)C)(C(C)C)C(C)C. The number of rotatable bonds is 17. The van der Waals surface area contributed by atoms with Gasteiger partial charge in [-0.15, -0.1) is 0 Å². The topological polar surface area (TPSA) is 73.9 Å². The summed E-state index contributed by atoms with van der Waals surface area (Å²) >= 11 is 0. The summed E-state index contributed by atoms with van der Waals surface area (Å²) in [6.07, 6.45) is 0.888. The fraction of sp³-hybridized carbons (Fsp3) is 0.929. The molecule has 0 saturated heterocycles. The van der Waals surface area contributed by atoms with Crippen LogP contribution >= 0.6 is 0 Å². The van der Waals surface area contributed by atoms with Crippen LogP contribution in [0.3, 0.4) is 0 Å². The zero-order valence-electron chi connectivity index (χ0n) is 26.9. The van der Waals surface area contributed by atoms with Crippen LogP contribution in [0.25, 0.3) is 0 Å². The van der Waals surface area contributed by atoms with Gasteiger partial charge in [-0.3, -0.25) is 9.59 Å². The van der Waals surface area contributed by atoms with Crippen LogP contribution in [-0.4, -0.2) is 56.6 Å². The Morgan fingerprint density at radius 1 is 0.676 bits per heavy atom. The normalized spacial score (nSPS) is 14.4. The first kappa shape index (κ1) is 36.5. The molecule has 1 N–H and O–H groups in total. The Morgan fingerprint density at radius 3 is 1.41 bits per heavy atom. The Kier molecular flexibility index (Phi) is 15.1. The van der Waals surface area contributed by atoms with Crippen molar-refractivity contribution in [2.45, 2.75) is 154 Å². The van der Waals surface area contributed by atoms with Gasteiger partial charge in [-0.2, -0.15) is 0 Å². The lowest BCUT2D eigenvalue weighted by Crippen LogP contribution is -2.54. The highest BCUT2D eigenvalue weighted by atomic mass is 28.4. The zero-order chi connectivity index (χ0) is 29.4. The quantitative estimate of drug-likeness (QED) is 0.140. The van der Waals surface area contributed by atoms with E-state index in [1.54, 1.807) is 7.11 Å². The van der Waals surface area contributed by atoms with Crippen molar-refractivity contribution >= 4 is 36.9 Å². The molecule has 6 nitrogen and oxygen atoms in total. The molecule has 0 amide bonds. The van der Waals surface area contributed by atoms with E-state index in [1.807, 2.05) is 0 Å². The first-order valence-corrected chi connectivity index (χ1v) is 21.9. The van der Waals surface area contributed by atoms with Crippen LogP contribution in [0.2, 0.25) is 52.4 Å². The summed E-state index contributed by atoms with van der Waals surface area (Å²) in [6.45, 7) is 31.0. The van der Waals surface area contributed by atoms with E-state index in [1.165, 1.54) is 0 Å². The van der Waals surface area contributed by atoms with E-state index >= 15 is 0 Å². The molecule has 0 radical (unpaired) electrons. The summed E-state index contributed by atoms with van der Waals surface area (Å²) in [7, 11) is -4.75. The van der Waals surface area contributed by atoms with Gasteiger partial charge in [0.25, 0.3) is 22.6 Å². The van der Waals surface area contributed by atoms with E-state index in [-0.39, 0.29) is 35.0 Å². The molecular weight excluding hydrogens is 515 g/mol. The second-order valence-electron chi connectivity index (χ2n) is 13.3. The summed E-state index contributed by atoms with van der Waals surface area (Å²) in [5.41, 5.74) is 1.71. The van der Waals surface area contributed by atoms with Crippen molar-refractivity contribution in [3.05, 3.63) is 0 Å². The average molecular weight is 576 g/mol. The Labute approximate surface area is 232 Å². The van der Waals surface area contributed by atoms with Crippen LogP contribution in [-0.2, 0) is 22.9 Å². The van der Waals surface area contributed by atoms with Crippen molar-refractivity contribution in [1.29, 1.82) is 0 Å². The Hall–Kier alpha value is -0.489.